The zero-order chi connectivity index (χ0) is 14.9. The maximum atomic E-state index is 5.92. The van der Waals surface area contributed by atoms with Gasteiger partial charge in [0.1, 0.15) is 0 Å². The summed E-state index contributed by atoms with van der Waals surface area (Å²) in [6.07, 6.45) is 8.93. The minimum absolute atomic E-state index is 0.206. The molecule has 3 rings (SSSR count). The van der Waals surface area contributed by atoms with Crippen molar-refractivity contribution >= 4 is 5.65 Å². The molecule has 3 heterocycles. The third-order valence-electron chi connectivity index (χ3n) is 4.17. The van der Waals surface area contributed by atoms with Gasteiger partial charge in [-0.25, -0.2) is 4.98 Å². The van der Waals surface area contributed by atoms with Gasteiger partial charge in [-0.1, -0.05) is 20.8 Å². The highest BCUT2D eigenvalue weighted by Gasteiger charge is 2.36. The molecule has 0 radical (unpaired) electrons. The lowest BCUT2D eigenvalue weighted by atomic mass is 9.81. The largest absolute Gasteiger partial charge is 0.377 e. The first-order chi connectivity index (χ1) is 10.1. The Labute approximate surface area is 125 Å². The van der Waals surface area contributed by atoms with Crippen LogP contribution in [0.1, 0.15) is 32.9 Å². The monoisotopic (exact) mass is 288 g/mol. The topological polar surface area (TPSA) is 51.5 Å². The van der Waals surface area contributed by atoms with Crippen molar-refractivity contribution in [3.05, 3.63) is 30.5 Å². The van der Waals surface area contributed by atoms with Crippen molar-refractivity contribution in [3.8, 4) is 0 Å². The molecule has 2 aromatic rings. The van der Waals surface area contributed by atoms with Crippen molar-refractivity contribution in [2.75, 3.05) is 13.2 Å². The number of rotatable bonds is 4. The summed E-state index contributed by atoms with van der Waals surface area (Å²) in [4.78, 5) is 8.45. The number of aromatic nitrogens is 3. The fourth-order valence-corrected chi connectivity index (χ4v) is 3.21. The van der Waals surface area contributed by atoms with Crippen LogP contribution in [0.4, 0.5) is 0 Å². The molecule has 5 nitrogen and oxygen atoms in total. The summed E-state index contributed by atoms with van der Waals surface area (Å²) in [7, 11) is 0. The highest BCUT2D eigenvalue weighted by molar-refractivity contribution is 5.36. The van der Waals surface area contributed by atoms with E-state index < -0.39 is 0 Å². The third-order valence-corrected chi connectivity index (χ3v) is 4.17. The van der Waals surface area contributed by atoms with E-state index in [0.717, 1.165) is 31.8 Å². The molecule has 1 fully saturated rings. The molecule has 2 aromatic heterocycles. The average molecular weight is 288 g/mol. The van der Waals surface area contributed by atoms with Gasteiger partial charge in [-0.3, -0.25) is 9.38 Å². The van der Waals surface area contributed by atoms with Gasteiger partial charge in [0.15, 0.2) is 5.65 Å². The van der Waals surface area contributed by atoms with Gasteiger partial charge in [-0.15, -0.1) is 0 Å². The van der Waals surface area contributed by atoms with Crippen LogP contribution in [0.3, 0.4) is 0 Å². The molecule has 114 valence electrons. The first-order valence-electron chi connectivity index (χ1n) is 7.64. The van der Waals surface area contributed by atoms with Crippen LogP contribution in [0.5, 0.6) is 0 Å². The van der Waals surface area contributed by atoms with E-state index in [1.165, 1.54) is 5.69 Å². The molecule has 0 saturated carbocycles. The van der Waals surface area contributed by atoms with Gasteiger partial charge in [-0.2, -0.15) is 0 Å². The average Bonchev–Trinajstić information content (AvgIpc) is 3.05. The third kappa shape index (κ3) is 3.09. The van der Waals surface area contributed by atoms with Gasteiger partial charge in [0.25, 0.3) is 0 Å². The van der Waals surface area contributed by atoms with Crippen molar-refractivity contribution in [1.82, 2.24) is 19.7 Å². The SMILES string of the molecule is CC(C)(C)[C@H]1OCC[C@@H]1CNCc1cnc2cnccn12. The summed E-state index contributed by atoms with van der Waals surface area (Å²) in [5, 5.41) is 3.56. The van der Waals surface area contributed by atoms with Crippen molar-refractivity contribution in [2.45, 2.75) is 39.8 Å². The number of hydrogen-bond acceptors (Lipinski definition) is 4. The first-order valence-corrected chi connectivity index (χ1v) is 7.64. The normalized spacial score (nSPS) is 23.0. The molecule has 0 aromatic carbocycles. The molecule has 1 aliphatic heterocycles. The standard InChI is InChI=1S/C16H24N4O/c1-16(2,3)15-12(4-7-21-15)8-18-9-13-10-19-14-11-17-5-6-20(13)14/h5-6,10-12,15,18H,4,7-9H2,1-3H3/t12-,15+/m1/s1. The lowest BCUT2D eigenvalue weighted by Crippen LogP contribution is -2.36. The van der Waals surface area contributed by atoms with Gasteiger partial charge >= 0.3 is 0 Å². The molecule has 0 bridgehead atoms. The molecule has 0 spiro atoms. The van der Waals surface area contributed by atoms with E-state index in [-0.39, 0.29) is 5.41 Å². The number of nitrogens with zero attached hydrogens (tertiary/aromatic N) is 3. The highest BCUT2D eigenvalue weighted by Crippen LogP contribution is 2.34. The van der Waals surface area contributed by atoms with E-state index >= 15 is 0 Å². The van der Waals surface area contributed by atoms with Crippen LogP contribution in [-0.2, 0) is 11.3 Å². The molecule has 0 aliphatic carbocycles. The first kappa shape index (κ1) is 14.5. The van der Waals surface area contributed by atoms with Crippen molar-refractivity contribution in [3.63, 3.8) is 0 Å². The van der Waals surface area contributed by atoms with Crippen LogP contribution in [0, 0.1) is 11.3 Å². The van der Waals surface area contributed by atoms with E-state index in [2.05, 4.69) is 40.5 Å². The van der Waals surface area contributed by atoms with Crippen LogP contribution >= 0.6 is 0 Å². The summed E-state index contributed by atoms with van der Waals surface area (Å²) in [6.45, 7) is 9.46. The van der Waals surface area contributed by atoms with Crippen molar-refractivity contribution in [1.29, 1.82) is 0 Å². The van der Waals surface area contributed by atoms with Gasteiger partial charge in [0.05, 0.1) is 24.2 Å². The quantitative estimate of drug-likeness (QED) is 0.937. The van der Waals surface area contributed by atoms with Crippen molar-refractivity contribution < 1.29 is 4.74 Å². The molecule has 0 unspecified atom stereocenters. The van der Waals surface area contributed by atoms with Crippen LogP contribution in [0.15, 0.2) is 24.8 Å². The predicted molar refractivity (Wildman–Crippen MR) is 82.0 cm³/mol. The molecule has 1 saturated heterocycles. The Morgan fingerprint density at radius 3 is 3.05 bits per heavy atom. The Bertz CT molecular complexity index is 602. The van der Waals surface area contributed by atoms with E-state index in [1.54, 1.807) is 12.4 Å². The minimum atomic E-state index is 0.206. The summed E-state index contributed by atoms with van der Waals surface area (Å²) in [5.41, 5.74) is 2.27. The fraction of sp³-hybridized carbons (Fsp3) is 0.625. The number of fused-ring (bicyclic) bond motifs is 1. The lowest BCUT2D eigenvalue weighted by molar-refractivity contribution is 0.00719. The zero-order valence-corrected chi connectivity index (χ0v) is 13.0. The van der Waals surface area contributed by atoms with Crippen LogP contribution < -0.4 is 5.32 Å². The van der Waals surface area contributed by atoms with E-state index in [0.29, 0.717) is 12.0 Å². The second-order valence-corrected chi connectivity index (χ2v) is 6.89. The maximum absolute atomic E-state index is 5.92. The Balaban J connectivity index is 1.59. The molecular weight excluding hydrogens is 264 g/mol. The number of nitrogens with one attached hydrogen (secondary N) is 1. The van der Waals surface area contributed by atoms with E-state index in [1.807, 2.05) is 12.4 Å². The fourth-order valence-electron chi connectivity index (χ4n) is 3.21. The summed E-state index contributed by atoms with van der Waals surface area (Å²) < 4.78 is 8.00. The van der Waals surface area contributed by atoms with Crippen LogP contribution in [0.2, 0.25) is 0 Å². The number of ether oxygens (including phenoxy) is 1. The molecule has 21 heavy (non-hydrogen) atoms. The second-order valence-electron chi connectivity index (χ2n) is 6.89. The predicted octanol–water partition coefficient (Wildman–Crippen LogP) is 2.27. The summed E-state index contributed by atoms with van der Waals surface area (Å²) >= 11 is 0. The van der Waals surface area contributed by atoms with Crippen LogP contribution in [0.25, 0.3) is 5.65 Å². The number of hydrogen-bond donors (Lipinski definition) is 1. The molecule has 5 heteroatoms. The number of imidazole rings is 1. The maximum Gasteiger partial charge on any atom is 0.155 e. The Hall–Kier alpha value is -1.46. The molecule has 0 amide bonds. The highest BCUT2D eigenvalue weighted by atomic mass is 16.5. The molecule has 1 aliphatic rings. The smallest absolute Gasteiger partial charge is 0.155 e. The molecule has 1 N–H and O–H groups in total. The second kappa shape index (κ2) is 5.73. The molecule has 2 atom stereocenters. The van der Waals surface area contributed by atoms with Gasteiger partial charge in [0, 0.05) is 38.0 Å². The Kier molecular flexibility index (Phi) is 3.95. The molecular formula is C16H24N4O. The van der Waals surface area contributed by atoms with Gasteiger partial charge in [0.2, 0.25) is 0 Å². The van der Waals surface area contributed by atoms with E-state index in [9.17, 15) is 0 Å². The van der Waals surface area contributed by atoms with Crippen LogP contribution in [-0.4, -0.2) is 33.6 Å². The Morgan fingerprint density at radius 2 is 2.24 bits per heavy atom. The van der Waals surface area contributed by atoms with E-state index in [4.69, 9.17) is 4.74 Å². The lowest BCUT2D eigenvalue weighted by Gasteiger charge is -2.31. The zero-order valence-electron chi connectivity index (χ0n) is 13.0. The van der Waals surface area contributed by atoms with Gasteiger partial charge < -0.3 is 10.1 Å². The van der Waals surface area contributed by atoms with Gasteiger partial charge in [-0.05, 0) is 11.8 Å². The summed E-state index contributed by atoms with van der Waals surface area (Å²) in [5.74, 6) is 0.589. The van der Waals surface area contributed by atoms with Crippen molar-refractivity contribution in [2.24, 2.45) is 11.3 Å². The minimum Gasteiger partial charge on any atom is -0.377 e. The summed E-state index contributed by atoms with van der Waals surface area (Å²) in [6, 6.07) is 0. The Morgan fingerprint density at radius 1 is 1.38 bits per heavy atom.